The number of hydrogen-bond donors (Lipinski definition) is 1. The summed E-state index contributed by atoms with van der Waals surface area (Å²) >= 11 is 0. The van der Waals surface area contributed by atoms with Crippen LogP contribution in [0.25, 0.3) is 22.3 Å². The second-order valence-electron chi connectivity index (χ2n) is 7.63. The molecule has 0 bridgehead atoms. The molecule has 1 aromatic heterocycles. The van der Waals surface area contributed by atoms with Crippen LogP contribution in [0.1, 0.15) is 41.6 Å². The molecule has 1 aliphatic rings. The maximum atomic E-state index is 13.1. The Hall–Kier alpha value is -2.92. The van der Waals surface area contributed by atoms with E-state index >= 15 is 0 Å². The summed E-state index contributed by atoms with van der Waals surface area (Å²) in [5.41, 5.74) is 1.96. The Morgan fingerprint density at radius 2 is 1.90 bits per heavy atom. The average molecular weight is 391 g/mol. The highest BCUT2D eigenvalue weighted by Crippen LogP contribution is 2.28. The molecule has 0 spiro atoms. The second-order valence-corrected chi connectivity index (χ2v) is 7.63. The third-order valence-electron chi connectivity index (χ3n) is 5.72. The minimum atomic E-state index is -0.219. The SMILES string of the molecule is COC1CCCC(NC(=O)c2cccc3c(=O)c(C)c(-c4ccccc4)oc23)C1. The van der Waals surface area contributed by atoms with Gasteiger partial charge in [0.25, 0.3) is 5.91 Å². The van der Waals surface area contributed by atoms with Crippen LogP contribution in [0.5, 0.6) is 0 Å². The molecule has 5 heteroatoms. The van der Waals surface area contributed by atoms with Crippen molar-refractivity contribution in [1.29, 1.82) is 0 Å². The van der Waals surface area contributed by atoms with Crippen molar-refractivity contribution in [1.82, 2.24) is 5.32 Å². The molecule has 3 aromatic rings. The van der Waals surface area contributed by atoms with Crippen LogP contribution < -0.4 is 10.7 Å². The molecule has 1 saturated carbocycles. The molecule has 1 N–H and O–H groups in total. The lowest BCUT2D eigenvalue weighted by Gasteiger charge is -2.28. The zero-order valence-corrected chi connectivity index (χ0v) is 16.7. The zero-order valence-electron chi connectivity index (χ0n) is 16.7. The van der Waals surface area contributed by atoms with Gasteiger partial charge in [-0.25, -0.2) is 0 Å². The maximum absolute atomic E-state index is 13.1. The number of benzene rings is 2. The Morgan fingerprint density at radius 1 is 1.10 bits per heavy atom. The van der Waals surface area contributed by atoms with Crippen molar-refractivity contribution in [2.45, 2.75) is 44.8 Å². The molecule has 0 aliphatic heterocycles. The smallest absolute Gasteiger partial charge is 0.255 e. The van der Waals surface area contributed by atoms with Gasteiger partial charge >= 0.3 is 0 Å². The fraction of sp³-hybridized carbons (Fsp3) is 0.333. The topological polar surface area (TPSA) is 68.5 Å². The van der Waals surface area contributed by atoms with E-state index in [0.29, 0.717) is 27.9 Å². The molecule has 1 amide bonds. The van der Waals surface area contributed by atoms with Gasteiger partial charge in [0.15, 0.2) is 11.0 Å². The summed E-state index contributed by atoms with van der Waals surface area (Å²) < 4.78 is 11.6. The van der Waals surface area contributed by atoms with Crippen LogP contribution in [0, 0.1) is 6.92 Å². The first-order valence-corrected chi connectivity index (χ1v) is 10.0. The first kappa shape index (κ1) is 19.4. The van der Waals surface area contributed by atoms with Crippen molar-refractivity contribution in [3.05, 3.63) is 69.9 Å². The number of hydrogen-bond acceptors (Lipinski definition) is 4. The standard InChI is InChI=1S/C24H25NO4/c1-15-21(26)19-12-7-13-20(23(19)29-22(15)16-8-4-3-5-9-16)24(27)25-17-10-6-11-18(14-17)28-2/h3-5,7-9,12-13,17-18H,6,10-11,14H2,1-2H3,(H,25,27). The van der Waals surface area contributed by atoms with Crippen LogP contribution in [0.15, 0.2) is 57.7 Å². The number of nitrogens with one attached hydrogen (secondary N) is 1. The van der Waals surface area contributed by atoms with E-state index in [9.17, 15) is 9.59 Å². The Labute approximate surface area is 169 Å². The number of ether oxygens (including phenoxy) is 1. The zero-order chi connectivity index (χ0) is 20.4. The van der Waals surface area contributed by atoms with Gasteiger partial charge in [0.05, 0.1) is 17.1 Å². The molecule has 1 heterocycles. The molecular formula is C24H25NO4. The molecule has 29 heavy (non-hydrogen) atoms. The molecule has 1 aliphatic carbocycles. The number of amides is 1. The quantitative estimate of drug-likeness (QED) is 0.713. The summed E-state index contributed by atoms with van der Waals surface area (Å²) in [6, 6.07) is 14.7. The molecule has 2 unspecified atom stereocenters. The summed E-state index contributed by atoms with van der Waals surface area (Å²) in [6.07, 6.45) is 3.93. The second kappa shape index (κ2) is 8.21. The molecule has 2 aromatic carbocycles. The van der Waals surface area contributed by atoms with E-state index in [2.05, 4.69) is 5.32 Å². The lowest BCUT2D eigenvalue weighted by atomic mass is 9.92. The number of rotatable bonds is 4. The lowest BCUT2D eigenvalue weighted by molar-refractivity contribution is 0.0563. The summed E-state index contributed by atoms with van der Waals surface area (Å²) in [6.45, 7) is 1.76. The first-order chi connectivity index (χ1) is 14.1. The highest BCUT2D eigenvalue weighted by Gasteiger charge is 2.25. The van der Waals surface area contributed by atoms with Gasteiger partial charge in [-0.3, -0.25) is 9.59 Å². The molecular weight excluding hydrogens is 366 g/mol. The molecule has 0 saturated heterocycles. The lowest BCUT2D eigenvalue weighted by Crippen LogP contribution is -2.40. The van der Waals surface area contributed by atoms with E-state index in [1.54, 1.807) is 32.2 Å². The van der Waals surface area contributed by atoms with Crippen molar-refractivity contribution in [3.63, 3.8) is 0 Å². The molecule has 1 fully saturated rings. The number of carbonyl (C=O) groups excluding carboxylic acids is 1. The van der Waals surface area contributed by atoms with E-state index in [4.69, 9.17) is 9.15 Å². The van der Waals surface area contributed by atoms with Crippen molar-refractivity contribution < 1.29 is 13.9 Å². The van der Waals surface area contributed by atoms with Crippen LogP contribution in [0.4, 0.5) is 0 Å². The Kier molecular flexibility index (Phi) is 5.49. The predicted molar refractivity (Wildman–Crippen MR) is 113 cm³/mol. The Bertz CT molecular complexity index is 1090. The maximum Gasteiger partial charge on any atom is 0.255 e. The molecule has 4 rings (SSSR count). The molecule has 2 atom stereocenters. The third kappa shape index (κ3) is 3.83. The fourth-order valence-corrected chi connectivity index (χ4v) is 4.11. The first-order valence-electron chi connectivity index (χ1n) is 10.0. The highest BCUT2D eigenvalue weighted by molar-refractivity contribution is 6.05. The van der Waals surface area contributed by atoms with Crippen molar-refractivity contribution >= 4 is 16.9 Å². The summed E-state index contributed by atoms with van der Waals surface area (Å²) in [5, 5.41) is 3.53. The van der Waals surface area contributed by atoms with Gasteiger partial charge in [-0.05, 0) is 44.7 Å². The van der Waals surface area contributed by atoms with Crippen LogP contribution in [-0.2, 0) is 4.74 Å². The van der Waals surface area contributed by atoms with Gasteiger partial charge < -0.3 is 14.5 Å². The van der Waals surface area contributed by atoms with Crippen LogP contribution >= 0.6 is 0 Å². The van der Waals surface area contributed by atoms with E-state index in [0.717, 1.165) is 31.2 Å². The number of fused-ring (bicyclic) bond motifs is 1. The van der Waals surface area contributed by atoms with Gasteiger partial charge in [-0.15, -0.1) is 0 Å². The third-order valence-corrected chi connectivity index (χ3v) is 5.72. The van der Waals surface area contributed by atoms with Gasteiger partial charge in [0.2, 0.25) is 0 Å². The average Bonchev–Trinajstić information content (AvgIpc) is 2.76. The predicted octanol–water partition coefficient (Wildman–Crippen LogP) is 4.46. The van der Waals surface area contributed by atoms with Crippen molar-refractivity contribution in [2.24, 2.45) is 0 Å². The van der Waals surface area contributed by atoms with Crippen LogP contribution in [-0.4, -0.2) is 25.2 Å². The Balaban J connectivity index is 1.74. The summed E-state index contributed by atoms with van der Waals surface area (Å²) in [5.74, 6) is 0.281. The summed E-state index contributed by atoms with van der Waals surface area (Å²) in [4.78, 5) is 26.0. The van der Waals surface area contributed by atoms with Crippen molar-refractivity contribution in [2.75, 3.05) is 7.11 Å². The molecule has 5 nitrogen and oxygen atoms in total. The van der Waals surface area contributed by atoms with Gasteiger partial charge in [0.1, 0.15) is 5.76 Å². The van der Waals surface area contributed by atoms with E-state index in [1.807, 2.05) is 30.3 Å². The number of carbonyl (C=O) groups is 1. The van der Waals surface area contributed by atoms with Gasteiger partial charge in [-0.2, -0.15) is 0 Å². The summed E-state index contributed by atoms with van der Waals surface area (Å²) in [7, 11) is 1.71. The van der Waals surface area contributed by atoms with E-state index in [-0.39, 0.29) is 23.5 Å². The van der Waals surface area contributed by atoms with Gasteiger partial charge in [0, 0.05) is 24.3 Å². The van der Waals surface area contributed by atoms with Crippen LogP contribution in [0.3, 0.4) is 0 Å². The van der Waals surface area contributed by atoms with E-state index in [1.165, 1.54) is 0 Å². The molecule has 0 radical (unpaired) electrons. The largest absolute Gasteiger partial charge is 0.455 e. The minimum absolute atomic E-state index is 0.0576. The monoisotopic (exact) mass is 391 g/mol. The number of para-hydroxylation sites is 1. The highest BCUT2D eigenvalue weighted by atomic mass is 16.5. The van der Waals surface area contributed by atoms with Gasteiger partial charge in [-0.1, -0.05) is 36.4 Å². The normalized spacial score (nSPS) is 19.2. The van der Waals surface area contributed by atoms with Crippen molar-refractivity contribution in [3.8, 4) is 11.3 Å². The Morgan fingerprint density at radius 3 is 2.66 bits per heavy atom. The van der Waals surface area contributed by atoms with Crippen LogP contribution in [0.2, 0.25) is 0 Å². The fourth-order valence-electron chi connectivity index (χ4n) is 4.11. The minimum Gasteiger partial charge on any atom is -0.455 e. The van der Waals surface area contributed by atoms with E-state index < -0.39 is 0 Å². The molecule has 150 valence electrons. The number of methoxy groups -OCH3 is 1.